The Morgan fingerprint density at radius 3 is 2.53 bits per heavy atom. The largest absolute Gasteiger partial charge is 0.355 e. The fourth-order valence-electron chi connectivity index (χ4n) is 1.20. The standard InChI is InChI=1S/C11H20N2O2/c1-4-5-6-7-13(9-14)8-10(2)11(15)12-3/h8-9H,4-7H2,1-3H3,(H,12,15)/b10-8-. The van der Waals surface area contributed by atoms with E-state index in [4.69, 9.17) is 0 Å². The molecule has 0 saturated heterocycles. The summed E-state index contributed by atoms with van der Waals surface area (Å²) < 4.78 is 0. The van der Waals surface area contributed by atoms with Gasteiger partial charge in [-0.3, -0.25) is 9.59 Å². The molecule has 0 aromatic carbocycles. The van der Waals surface area contributed by atoms with Gasteiger partial charge in [-0.25, -0.2) is 0 Å². The van der Waals surface area contributed by atoms with E-state index in [0.717, 1.165) is 25.7 Å². The molecular weight excluding hydrogens is 192 g/mol. The molecule has 0 aliphatic carbocycles. The lowest BCUT2D eigenvalue weighted by atomic mass is 10.2. The van der Waals surface area contributed by atoms with Gasteiger partial charge in [-0.15, -0.1) is 0 Å². The molecule has 0 bridgehead atoms. The Bertz CT molecular complexity index is 237. The number of rotatable bonds is 7. The van der Waals surface area contributed by atoms with E-state index in [1.165, 1.54) is 4.90 Å². The van der Waals surface area contributed by atoms with Crippen LogP contribution in [0.4, 0.5) is 0 Å². The number of hydrogen-bond acceptors (Lipinski definition) is 2. The minimum Gasteiger partial charge on any atom is -0.355 e. The second kappa shape index (κ2) is 8.03. The van der Waals surface area contributed by atoms with E-state index in [0.29, 0.717) is 12.1 Å². The first-order chi connectivity index (χ1) is 7.15. The number of amides is 2. The summed E-state index contributed by atoms with van der Waals surface area (Å²) in [5.41, 5.74) is 0.543. The first-order valence-corrected chi connectivity index (χ1v) is 5.27. The minimum atomic E-state index is -0.155. The molecule has 0 aliphatic heterocycles. The first kappa shape index (κ1) is 13.7. The first-order valence-electron chi connectivity index (χ1n) is 5.27. The van der Waals surface area contributed by atoms with E-state index >= 15 is 0 Å². The van der Waals surface area contributed by atoms with Gasteiger partial charge in [0.15, 0.2) is 0 Å². The number of nitrogens with one attached hydrogen (secondary N) is 1. The molecule has 0 atom stereocenters. The lowest BCUT2D eigenvalue weighted by molar-refractivity contribution is -0.117. The summed E-state index contributed by atoms with van der Waals surface area (Å²) in [6, 6.07) is 0. The van der Waals surface area contributed by atoms with Crippen molar-refractivity contribution in [3.8, 4) is 0 Å². The second-order valence-corrected chi connectivity index (χ2v) is 3.44. The van der Waals surface area contributed by atoms with E-state index in [-0.39, 0.29) is 5.91 Å². The zero-order valence-corrected chi connectivity index (χ0v) is 9.75. The van der Waals surface area contributed by atoms with Gasteiger partial charge in [-0.2, -0.15) is 0 Å². The molecule has 0 unspecified atom stereocenters. The second-order valence-electron chi connectivity index (χ2n) is 3.44. The number of nitrogens with zero attached hydrogens (tertiary/aromatic N) is 1. The van der Waals surface area contributed by atoms with Crippen LogP contribution in [0, 0.1) is 0 Å². The molecule has 86 valence electrons. The van der Waals surface area contributed by atoms with Crippen LogP contribution in [-0.4, -0.2) is 30.8 Å². The van der Waals surface area contributed by atoms with Crippen LogP contribution < -0.4 is 5.32 Å². The third-order valence-corrected chi connectivity index (χ3v) is 2.10. The third-order valence-electron chi connectivity index (χ3n) is 2.10. The average Bonchev–Trinajstić information content (AvgIpc) is 2.26. The summed E-state index contributed by atoms with van der Waals surface area (Å²) >= 11 is 0. The van der Waals surface area contributed by atoms with E-state index in [1.807, 2.05) is 0 Å². The number of likely N-dealkylation sites (N-methyl/N-ethyl adjacent to an activating group) is 1. The normalized spacial score (nSPS) is 11.0. The fourth-order valence-corrected chi connectivity index (χ4v) is 1.20. The molecule has 2 amide bonds. The average molecular weight is 212 g/mol. The zero-order chi connectivity index (χ0) is 11.7. The van der Waals surface area contributed by atoms with Gasteiger partial charge in [-0.1, -0.05) is 19.8 Å². The van der Waals surface area contributed by atoms with Crippen molar-refractivity contribution in [1.82, 2.24) is 10.2 Å². The molecule has 15 heavy (non-hydrogen) atoms. The maximum absolute atomic E-state index is 11.2. The Labute approximate surface area is 91.3 Å². The van der Waals surface area contributed by atoms with Gasteiger partial charge < -0.3 is 10.2 Å². The van der Waals surface area contributed by atoms with Gasteiger partial charge in [-0.05, 0) is 13.3 Å². The van der Waals surface area contributed by atoms with Crippen LogP contribution in [0.15, 0.2) is 11.8 Å². The molecule has 0 radical (unpaired) electrons. The van der Waals surface area contributed by atoms with E-state index in [1.54, 1.807) is 20.2 Å². The number of carbonyl (C=O) groups is 2. The molecule has 0 aromatic rings. The summed E-state index contributed by atoms with van der Waals surface area (Å²) in [7, 11) is 1.57. The van der Waals surface area contributed by atoms with Crippen molar-refractivity contribution in [3.05, 3.63) is 11.8 Å². The van der Waals surface area contributed by atoms with Crippen LogP contribution in [0.3, 0.4) is 0 Å². The van der Waals surface area contributed by atoms with Gasteiger partial charge in [0, 0.05) is 25.4 Å². The molecule has 0 saturated carbocycles. The number of hydrogen-bond donors (Lipinski definition) is 1. The molecule has 4 nitrogen and oxygen atoms in total. The Morgan fingerprint density at radius 2 is 2.07 bits per heavy atom. The highest BCUT2D eigenvalue weighted by Gasteiger charge is 2.03. The van der Waals surface area contributed by atoms with Crippen molar-refractivity contribution in [2.75, 3.05) is 13.6 Å². The molecule has 0 fully saturated rings. The quantitative estimate of drug-likeness (QED) is 0.392. The Morgan fingerprint density at radius 1 is 1.40 bits per heavy atom. The summed E-state index contributed by atoms with van der Waals surface area (Å²) in [6.45, 7) is 4.47. The topological polar surface area (TPSA) is 49.4 Å². The molecule has 0 rings (SSSR count). The summed E-state index contributed by atoms with van der Waals surface area (Å²) in [6.07, 6.45) is 5.51. The number of carbonyl (C=O) groups excluding carboxylic acids is 2. The minimum absolute atomic E-state index is 0.155. The lowest BCUT2D eigenvalue weighted by Gasteiger charge is -2.12. The molecule has 0 heterocycles. The fraction of sp³-hybridized carbons (Fsp3) is 0.636. The van der Waals surface area contributed by atoms with Crippen molar-refractivity contribution in [2.24, 2.45) is 0 Å². The smallest absolute Gasteiger partial charge is 0.248 e. The number of unbranched alkanes of at least 4 members (excludes halogenated alkanes) is 2. The van der Waals surface area contributed by atoms with Crippen molar-refractivity contribution in [3.63, 3.8) is 0 Å². The van der Waals surface area contributed by atoms with Crippen LogP contribution >= 0.6 is 0 Å². The Kier molecular flexibility index (Phi) is 7.32. The highest BCUT2D eigenvalue weighted by Crippen LogP contribution is 2.00. The molecule has 0 spiro atoms. The van der Waals surface area contributed by atoms with Crippen LogP contribution in [0.2, 0.25) is 0 Å². The SMILES string of the molecule is CCCCCN(C=O)/C=C(/C)C(=O)NC. The van der Waals surface area contributed by atoms with Crippen LogP contribution in [0.1, 0.15) is 33.1 Å². The van der Waals surface area contributed by atoms with Gasteiger partial charge in [0.1, 0.15) is 0 Å². The van der Waals surface area contributed by atoms with Crippen molar-refractivity contribution in [2.45, 2.75) is 33.1 Å². The molecular formula is C11H20N2O2. The van der Waals surface area contributed by atoms with E-state index < -0.39 is 0 Å². The lowest BCUT2D eigenvalue weighted by Crippen LogP contribution is -2.23. The highest BCUT2D eigenvalue weighted by molar-refractivity contribution is 5.92. The summed E-state index contributed by atoms with van der Waals surface area (Å²) in [4.78, 5) is 23.4. The Hall–Kier alpha value is -1.32. The zero-order valence-electron chi connectivity index (χ0n) is 9.75. The maximum atomic E-state index is 11.2. The van der Waals surface area contributed by atoms with Crippen molar-refractivity contribution >= 4 is 12.3 Å². The molecule has 1 N–H and O–H groups in total. The summed E-state index contributed by atoms with van der Waals surface area (Å²) in [5, 5.41) is 2.51. The van der Waals surface area contributed by atoms with E-state index in [9.17, 15) is 9.59 Å². The predicted molar refractivity (Wildman–Crippen MR) is 60.1 cm³/mol. The van der Waals surface area contributed by atoms with Crippen molar-refractivity contribution < 1.29 is 9.59 Å². The van der Waals surface area contributed by atoms with E-state index in [2.05, 4.69) is 12.2 Å². The maximum Gasteiger partial charge on any atom is 0.248 e. The van der Waals surface area contributed by atoms with Crippen LogP contribution in [-0.2, 0) is 9.59 Å². The highest BCUT2D eigenvalue weighted by atomic mass is 16.2. The van der Waals surface area contributed by atoms with Crippen molar-refractivity contribution in [1.29, 1.82) is 0 Å². The Balaban J connectivity index is 4.17. The van der Waals surface area contributed by atoms with Gasteiger partial charge in [0.25, 0.3) is 0 Å². The van der Waals surface area contributed by atoms with Crippen LogP contribution in [0.5, 0.6) is 0 Å². The monoisotopic (exact) mass is 212 g/mol. The van der Waals surface area contributed by atoms with Crippen LogP contribution in [0.25, 0.3) is 0 Å². The predicted octanol–water partition coefficient (Wildman–Crippen LogP) is 1.28. The molecule has 4 heteroatoms. The third kappa shape index (κ3) is 5.88. The van der Waals surface area contributed by atoms with Gasteiger partial charge >= 0.3 is 0 Å². The summed E-state index contributed by atoms with van der Waals surface area (Å²) in [5.74, 6) is -0.155. The molecule has 0 aromatic heterocycles. The molecule has 0 aliphatic rings. The van der Waals surface area contributed by atoms with Gasteiger partial charge in [0.05, 0.1) is 0 Å². The van der Waals surface area contributed by atoms with Gasteiger partial charge in [0.2, 0.25) is 12.3 Å².